The molecular formula is C24H37IN4O. The summed E-state index contributed by atoms with van der Waals surface area (Å²) in [6, 6.07) is 9.68. The predicted octanol–water partition coefficient (Wildman–Crippen LogP) is 4.26. The van der Waals surface area contributed by atoms with Crippen LogP contribution in [0.5, 0.6) is 0 Å². The maximum atomic E-state index is 6.07. The molecule has 0 bridgehead atoms. The zero-order chi connectivity index (χ0) is 19.8. The number of benzene rings is 1. The van der Waals surface area contributed by atoms with Gasteiger partial charge in [-0.15, -0.1) is 24.0 Å². The van der Waals surface area contributed by atoms with E-state index in [1.54, 1.807) is 0 Å². The smallest absolute Gasteiger partial charge is 0.193 e. The molecule has 2 heterocycles. The Balaban J connectivity index is 0.00000218. The van der Waals surface area contributed by atoms with E-state index in [2.05, 4.69) is 51.4 Å². The number of nitrogens with one attached hydrogen (secondary N) is 1. The van der Waals surface area contributed by atoms with Gasteiger partial charge in [-0.1, -0.05) is 18.6 Å². The van der Waals surface area contributed by atoms with Gasteiger partial charge < -0.3 is 19.9 Å². The summed E-state index contributed by atoms with van der Waals surface area (Å²) in [6.07, 6.45) is 9.69. The number of guanidine groups is 1. The van der Waals surface area contributed by atoms with Gasteiger partial charge in [0.1, 0.15) is 0 Å². The largest absolute Gasteiger partial charge is 0.377 e. The normalized spacial score (nSPS) is 29.5. The van der Waals surface area contributed by atoms with Crippen molar-refractivity contribution in [1.82, 2.24) is 10.2 Å². The van der Waals surface area contributed by atoms with Crippen molar-refractivity contribution in [3.63, 3.8) is 0 Å². The molecule has 4 fully saturated rings. The molecule has 0 aromatic heterocycles. The standard InChI is InChI=1S/C24H36N4O.HI/c1-25-23(26-21-20-11-16-29-22(20)24(21)12-6-13-24)27(2)17-18-7-9-19(10-8-18)28-14-4-3-5-15-28;/h7-10,20-22H,3-6,11-17H2,1-2H3,(H,25,26);1H. The van der Waals surface area contributed by atoms with E-state index in [0.717, 1.165) is 19.1 Å². The molecule has 1 aromatic rings. The summed E-state index contributed by atoms with van der Waals surface area (Å²) in [7, 11) is 4.07. The van der Waals surface area contributed by atoms with E-state index in [0.29, 0.717) is 23.5 Å². The Labute approximate surface area is 198 Å². The highest BCUT2D eigenvalue weighted by Gasteiger charge is 2.66. The van der Waals surface area contributed by atoms with E-state index in [9.17, 15) is 0 Å². The third-order valence-electron chi connectivity index (χ3n) is 7.97. The molecule has 2 aliphatic carbocycles. The van der Waals surface area contributed by atoms with Crippen LogP contribution in [0.2, 0.25) is 0 Å². The average molecular weight is 524 g/mol. The second-order valence-electron chi connectivity index (χ2n) is 9.57. The van der Waals surface area contributed by atoms with Crippen molar-refractivity contribution in [2.75, 3.05) is 38.7 Å². The summed E-state index contributed by atoms with van der Waals surface area (Å²) in [6.45, 7) is 4.22. The third kappa shape index (κ3) is 3.83. The highest BCUT2D eigenvalue weighted by atomic mass is 127. The summed E-state index contributed by atoms with van der Waals surface area (Å²) in [5.74, 6) is 1.69. The lowest BCUT2D eigenvalue weighted by Gasteiger charge is -2.63. The van der Waals surface area contributed by atoms with E-state index in [1.165, 1.54) is 69.3 Å². The Morgan fingerprint density at radius 1 is 1.17 bits per heavy atom. The third-order valence-corrected chi connectivity index (χ3v) is 7.97. The number of anilines is 1. The van der Waals surface area contributed by atoms with Gasteiger partial charge in [0.25, 0.3) is 0 Å². The molecule has 2 saturated carbocycles. The lowest BCUT2D eigenvalue weighted by molar-refractivity contribution is -0.171. The van der Waals surface area contributed by atoms with Gasteiger partial charge in [0.05, 0.1) is 6.10 Å². The molecule has 2 aliphatic heterocycles. The van der Waals surface area contributed by atoms with Crippen molar-refractivity contribution in [3.05, 3.63) is 29.8 Å². The van der Waals surface area contributed by atoms with Crippen LogP contribution < -0.4 is 10.2 Å². The van der Waals surface area contributed by atoms with Crippen molar-refractivity contribution in [2.45, 2.75) is 63.6 Å². The molecule has 1 N–H and O–H groups in total. The topological polar surface area (TPSA) is 40.1 Å². The van der Waals surface area contributed by atoms with Gasteiger partial charge in [-0.25, -0.2) is 0 Å². The van der Waals surface area contributed by atoms with E-state index >= 15 is 0 Å². The molecule has 166 valence electrons. The number of nitrogens with zero attached hydrogens (tertiary/aromatic N) is 3. The number of fused-ring (bicyclic) bond motifs is 2. The number of rotatable bonds is 4. The first-order valence-electron chi connectivity index (χ1n) is 11.6. The van der Waals surface area contributed by atoms with Gasteiger partial charge in [-0.2, -0.15) is 0 Å². The summed E-state index contributed by atoms with van der Waals surface area (Å²) in [5, 5.41) is 3.84. The van der Waals surface area contributed by atoms with Crippen LogP contribution in [-0.2, 0) is 11.3 Å². The Kier molecular flexibility index (Phi) is 6.82. The molecule has 0 amide bonds. The van der Waals surface area contributed by atoms with E-state index < -0.39 is 0 Å². The fraction of sp³-hybridized carbons (Fsp3) is 0.708. The fourth-order valence-corrected chi connectivity index (χ4v) is 6.25. The highest BCUT2D eigenvalue weighted by Crippen LogP contribution is 2.62. The molecule has 4 aliphatic rings. The van der Waals surface area contributed by atoms with Crippen LogP contribution in [0.4, 0.5) is 5.69 Å². The first kappa shape index (κ1) is 22.2. The van der Waals surface area contributed by atoms with Crippen molar-refractivity contribution in [1.29, 1.82) is 0 Å². The summed E-state index contributed by atoms with van der Waals surface area (Å²) >= 11 is 0. The first-order valence-corrected chi connectivity index (χ1v) is 11.6. The van der Waals surface area contributed by atoms with E-state index in [1.807, 2.05) is 7.05 Å². The SMILES string of the molecule is CN=C(NC1C2CCOC2C12CCC2)N(C)Cc1ccc(N2CCCCC2)cc1.I. The molecule has 3 unspecified atom stereocenters. The summed E-state index contributed by atoms with van der Waals surface area (Å²) < 4.78 is 6.07. The molecule has 2 saturated heterocycles. The summed E-state index contributed by atoms with van der Waals surface area (Å²) in [5.41, 5.74) is 3.09. The molecule has 1 spiro atoms. The van der Waals surface area contributed by atoms with Crippen LogP contribution in [0.1, 0.15) is 50.5 Å². The van der Waals surface area contributed by atoms with Crippen LogP contribution in [0, 0.1) is 11.3 Å². The number of halogens is 1. The van der Waals surface area contributed by atoms with Gasteiger partial charge in [-0.3, -0.25) is 4.99 Å². The lowest BCUT2D eigenvalue weighted by Crippen LogP contribution is -2.72. The van der Waals surface area contributed by atoms with Crippen LogP contribution in [0.25, 0.3) is 0 Å². The monoisotopic (exact) mass is 524 g/mol. The van der Waals surface area contributed by atoms with Gasteiger partial charge in [0.15, 0.2) is 5.96 Å². The molecule has 6 heteroatoms. The first-order chi connectivity index (χ1) is 14.2. The number of ether oxygens (including phenoxy) is 1. The van der Waals surface area contributed by atoms with Gasteiger partial charge in [0.2, 0.25) is 0 Å². The molecule has 30 heavy (non-hydrogen) atoms. The molecule has 1 aromatic carbocycles. The highest BCUT2D eigenvalue weighted by molar-refractivity contribution is 14.0. The fourth-order valence-electron chi connectivity index (χ4n) is 6.25. The minimum atomic E-state index is 0. The van der Waals surface area contributed by atoms with Crippen molar-refractivity contribution in [3.8, 4) is 0 Å². The van der Waals surface area contributed by atoms with Crippen LogP contribution in [0.15, 0.2) is 29.3 Å². The maximum Gasteiger partial charge on any atom is 0.193 e. The molecule has 5 nitrogen and oxygen atoms in total. The van der Waals surface area contributed by atoms with Crippen molar-refractivity contribution >= 4 is 35.6 Å². The maximum absolute atomic E-state index is 6.07. The Bertz CT molecular complexity index is 742. The molecular weight excluding hydrogens is 487 g/mol. The van der Waals surface area contributed by atoms with Crippen molar-refractivity contribution < 1.29 is 4.74 Å². The molecule has 3 atom stereocenters. The van der Waals surface area contributed by atoms with Crippen LogP contribution in [-0.4, -0.2) is 56.8 Å². The van der Waals surface area contributed by atoms with Gasteiger partial charge >= 0.3 is 0 Å². The van der Waals surface area contributed by atoms with Crippen LogP contribution in [0.3, 0.4) is 0 Å². The Morgan fingerprint density at radius 2 is 1.90 bits per heavy atom. The summed E-state index contributed by atoms with van der Waals surface area (Å²) in [4.78, 5) is 9.41. The quantitative estimate of drug-likeness (QED) is 0.363. The van der Waals surface area contributed by atoms with Gasteiger partial charge in [-0.05, 0) is 56.2 Å². The second-order valence-corrected chi connectivity index (χ2v) is 9.57. The second kappa shape index (κ2) is 9.23. The number of aliphatic imine (C=N–C) groups is 1. The number of hydrogen-bond donors (Lipinski definition) is 1. The Hall–Kier alpha value is -1.02. The predicted molar refractivity (Wildman–Crippen MR) is 134 cm³/mol. The lowest BCUT2D eigenvalue weighted by atomic mass is 9.46. The van der Waals surface area contributed by atoms with E-state index in [4.69, 9.17) is 4.74 Å². The number of hydrogen-bond acceptors (Lipinski definition) is 3. The molecule has 0 radical (unpaired) electrons. The Morgan fingerprint density at radius 3 is 2.53 bits per heavy atom. The minimum absolute atomic E-state index is 0. The zero-order valence-electron chi connectivity index (χ0n) is 18.5. The average Bonchev–Trinajstić information content (AvgIpc) is 3.13. The van der Waals surface area contributed by atoms with Gasteiger partial charge in [0, 0.05) is 63.4 Å². The van der Waals surface area contributed by atoms with E-state index in [-0.39, 0.29) is 24.0 Å². The molecule has 5 rings (SSSR count). The zero-order valence-corrected chi connectivity index (χ0v) is 20.8. The van der Waals surface area contributed by atoms with Crippen LogP contribution >= 0.6 is 24.0 Å². The van der Waals surface area contributed by atoms with Crippen molar-refractivity contribution in [2.24, 2.45) is 16.3 Å². The number of piperidine rings is 1. The minimum Gasteiger partial charge on any atom is -0.377 e.